The lowest BCUT2D eigenvalue weighted by molar-refractivity contribution is -0.119. The Morgan fingerprint density at radius 3 is 2.37 bits per heavy atom. The molecule has 1 heterocycles. The Morgan fingerprint density at radius 1 is 1.37 bits per heavy atom. The first-order valence-electron chi connectivity index (χ1n) is 6.95. The Balaban J connectivity index is 1.95. The number of likely N-dealkylation sites (tertiary alicyclic amines) is 1. The van der Waals surface area contributed by atoms with E-state index >= 15 is 0 Å². The van der Waals surface area contributed by atoms with Crippen LogP contribution in [0.15, 0.2) is 12.2 Å². The zero-order valence-electron chi connectivity index (χ0n) is 12.2. The van der Waals surface area contributed by atoms with E-state index < -0.39 is 5.60 Å². The van der Waals surface area contributed by atoms with Crippen LogP contribution in [0.1, 0.15) is 40.5 Å². The van der Waals surface area contributed by atoms with Crippen molar-refractivity contribution in [2.24, 2.45) is 11.3 Å². The molecule has 0 saturated carbocycles. The third-order valence-corrected chi connectivity index (χ3v) is 4.21. The molecule has 2 aliphatic rings. The molecule has 1 amide bonds. The number of ketones is 1. The summed E-state index contributed by atoms with van der Waals surface area (Å²) in [7, 11) is 0. The van der Waals surface area contributed by atoms with Gasteiger partial charge >= 0.3 is 6.09 Å². The lowest BCUT2D eigenvalue weighted by atomic mass is 9.71. The molecule has 0 radical (unpaired) electrons. The van der Waals surface area contributed by atoms with Crippen LogP contribution in [0.5, 0.6) is 0 Å². The largest absolute Gasteiger partial charge is 0.444 e. The topological polar surface area (TPSA) is 46.6 Å². The summed E-state index contributed by atoms with van der Waals surface area (Å²) >= 11 is 0. The second-order valence-corrected chi connectivity index (χ2v) is 6.66. The second kappa shape index (κ2) is 4.66. The van der Waals surface area contributed by atoms with Crippen molar-refractivity contribution >= 4 is 11.9 Å². The van der Waals surface area contributed by atoms with Gasteiger partial charge in [-0.3, -0.25) is 4.79 Å². The van der Waals surface area contributed by atoms with Gasteiger partial charge in [-0.05, 0) is 39.7 Å². The van der Waals surface area contributed by atoms with Gasteiger partial charge in [-0.2, -0.15) is 0 Å². The number of hydrogen-bond donors (Lipinski definition) is 0. The Bertz CT molecular complexity index is 412. The normalized spacial score (nSPS) is 26.0. The third-order valence-electron chi connectivity index (χ3n) is 4.21. The van der Waals surface area contributed by atoms with Gasteiger partial charge in [0, 0.05) is 24.4 Å². The summed E-state index contributed by atoms with van der Waals surface area (Å²) in [5.74, 6) is 0.263. The Kier molecular flexibility index (Phi) is 3.45. The van der Waals surface area contributed by atoms with Crippen molar-refractivity contribution in [3.05, 3.63) is 12.2 Å². The zero-order valence-corrected chi connectivity index (χ0v) is 12.2. The molecule has 1 fully saturated rings. The van der Waals surface area contributed by atoms with E-state index in [1.165, 1.54) is 0 Å². The molecule has 19 heavy (non-hydrogen) atoms. The molecule has 1 spiro atoms. The summed E-state index contributed by atoms with van der Waals surface area (Å²) in [5.41, 5.74) is -0.488. The second-order valence-electron chi connectivity index (χ2n) is 6.66. The lowest BCUT2D eigenvalue weighted by Crippen LogP contribution is -2.46. The maximum atomic E-state index is 12.0. The van der Waals surface area contributed by atoms with Crippen molar-refractivity contribution in [2.45, 2.75) is 46.1 Å². The van der Waals surface area contributed by atoms with Crippen LogP contribution >= 0.6 is 0 Å². The fourth-order valence-electron chi connectivity index (χ4n) is 2.85. The molecule has 0 aromatic rings. The van der Waals surface area contributed by atoms with E-state index in [4.69, 9.17) is 4.74 Å². The minimum Gasteiger partial charge on any atom is -0.444 e. The van der Waals surface area contributed by atoms with Gasteiger partial charge in [-0.15, -0.1) is 0 Å². The number of hydrogen-bond acceptors (Lipinski definition) is 3. The van der Waals surface area contributed by atoms with Crippen LogP contribution in [0.3, 0.4) is 0 Å². The molecule has 1 aliphatic heterocycles. The van der Waals surface area contributed by atoms with Crippen molar-refractivity contribution in [3.8, 4) is 0 Å². The highest BCUT2D eigenvalue weighted by atomic mass is 16.6. The first kappa shape index (κ1) is 14.1. The standard InChI is InChI=1S/C15H23NO3/c1-11-12(17)5-6-15(11)7-9-16(10-8-15)13(18)19-14(2,3)4/h5-6,11H,7-10H2,1-4H3. The highest BCUT2D eigenvalue weighted by Gasteiger charge is 2.44. The fourth-order valence-corrected chi connectivity index (χ4v) is 2.85. The first-order chi connectivity index (χ1) is 8.73. The SMILES string of the molecule is CC1C(=O)C=CC12CCN(C(=O)OC(C)(C)C)CC2. The van der Waals surface area contributed by atoms with Gasteiger partial charge < -0.3 is 9.64 Å². The van der Waals surface area contributed by atoms with Crippen molar-refractivity contribution in [3.63, 3.8) is 0 Å². The van der Waals surface area contributed by atoms with E-state index in [9.17, 15) is 9.59 Å². The number of allylic oxidation sites excluding steroid dienone is 2. The summed E-state index contributed by atoms with van der Waals surface area (Å²) in [6.45, 7) is 8.93. The molecule has 1 atom stereocenters. The predicted octanol–water partition coefficient (Wildman–Crippen LogP) is 2.78. The van der Waals surface area contributed by atoms with Gasteiger partial charge in [0.25, 0.3) is 0 Å². The Morgan fingerprint density at radius 2 is 1.95 bits per heavy atom. The highest BCUT2D eigenvalue weighted by molar-refractivity contribution is 5.95. The van der Waals surface area contributed by atoms with Gasteiger partial charge in [-0.1, -0.05) is 13.0 Å². The number of carbonyl (C=O) groups is 2. The van der Waals surface area contributed by atoms with Crippen LogP contribution in [-0.2, 0) is 9.53 Å². The average Bonchev–Trinajstić information content (AvgIpc) is 2.57. The Hall–Kier alpha value is -1.32. The number of amides is 1. The summed E-state index contributed by atoms with van der Waals surface area (Å²) < 4.78 is 5.38. The minimum absolute atomic E-state index is 0.0321. The maximum absolute atomic E-state index is 12.0. The van der Waals surface area contributed by atoms with Gasteiger partial charge in [0.05, 0.1) is 0 Å². The number of ether oxygens (including phenoxy) is 1. The van der Waals surface area contributed by atoms with Gasteiger partial charge in [0.1, 0.15) is 5.60 Å². The Labute approximate surface area is 114 Å². The number of rotatable bonds is 0. The molecule has 4 heteroatoms. The van der Waals surface area contributed by atoms with Crippen LogP contribution in [0.25, 0.3) is 0 Å². The number of carbonyl (C=O) groups excluding carboxylic acids is 2. The molecule has 2 rings (SSSR count). The predicted molar refractivity (Wildman–Crippen MR) is 72.8 cm³/mol. The smallest absolute Gasteiger partial charge is 0.410 e. The average molecular weight is 265 g/mol. The maximum Gasteiger partial charge on any atom is 0.410 e. The molecule has 1 aliphatic carbocycles. The molecular formula is C15H23NO3. The van der Waals surface area contributed by atoms with Crippen LogP contribution < -0.4 is 0 Å². The molecule has 0 bridgehead atoms. The summed E-state index contributed by atoms with van der Waals surface area (Å²) in [6, 6.07) is 0. The number of piperidine rings is 1. The van der Waals surface area contributed by atoms with E-state index in [1.54, 1.807) is 11.0 Å². The van der Waals surface area contributed by atoms with Crippen molar-refractivity contribution in [2.75, 3.05) is 13.1 Å². The first-order valence-corrected chi connectivity index (χ1v) is 6.95. The van der Waals surface area contributed by atoms with Crippen LogP contribution in [0, 0.1) is 11.3 Å². The van der Waals surface area contributed by atoms with Gasteiger partial charge in [-0.25, -0.2) is 4.79 Å². The van der Waals surface area contributed by atoms with Gasteiger partial charge in [0.2, 0.25) is 0 Å². The minimum atomic E-state index is -0.456. The molecule has 106 valence electrons. The summed E-state index contributed by atoms with van der Waals surface area (Å²) in [4.78, 5) is 25.4. The van der Waals surface area contributed by atoms with Crippen molar-refractivity contribution < 1.29 is 14.3 Å². The molecular weight excluding hydrogens is 242 g/mol. The quantitative estimate of drug-likeness (QED) is 0.676. The fraction of sp³-hybridized carbons (Fsp3) is 0.733. The molecule has 1 saturated heterocycles. The monoisotopic (exact) mass is 265 g/mol. The highest BCUT2D eigenvalue weighted by Crippen LogP contribution is 2.44. The van der Waals surface area contributed by atoms with E-state index in [-0.39, 0.29) is 23.2 Å². The summed E-state index contributed by atoms with van der Waals surface area (Å²) in [5, 5.41) is 0. The summed E-state index contributed by atoms with van der Waals surface area (Å²) in [6.07, 6.45) is 5.19. The van der Waals surface area contributed by atoms with Crippen LogP contribution in [0.4, 0.5) is 4.79 Å². The van der Waals surface area contributed by atoms with Crippen LogP contribution in [0.2, 0.25) is 0 Å². The molecule has 0 N–H and O–H groups in total. The molecule has 1 unspecified atom stereocenters. The van der Waals surface area contributed by atoms with E-state index in [0.717, 1.165) is 12.8 Å². The van der Waals surface area contributed by atoms with Crippen LogP contribution in [-0.4, -0.2) is 35.5 Å². The molecule has 0 aromatic carbocycles. The molecule has 4 nitrogen and oxygen atoms in total. The van der Waals surface area contributed by atoms with Crippen molar-refractivity contribution in [1.82, 2.24) is 4.90 Å². The van der Waals surface area contributed by atoms with Crippen molar-refractivity contribution in [1.29, 1.82) is 0 Å². The lowest BCUT2D eigenvalue weighted by Gasteiger charge is -2.41. The number of nitrogens with zero attached hydrogens (tertiary/aromatic N) is 1. The zero-order chi connectivity index (χ0) is 14.3. The van der Waals surface area contributed by atoms with Gasteiger partial charge in [0.15, 0.2) is 5.78 Å². The van der Waals surface area contributed by atoms with E-state index in [2.05, 4.69) is 0 Å². The van der Waals surface area contributed by atoms with E-state index in [1.807, 2.05) is 33.8 Å². The van der Waals surface area contributed by atoms with E-state index in [0.29, 0.717) is 13.1 Å². The molecule has 0 aromatic heterocycles. The third kappa shape index (κ3) is 2.82.